The number of benzene rings is 2. The van der Waals surface area contributed by atoms with Gasteiger partial charge in [-0.1, -0.05) is 48.4 Å². The number of terminal acetylenes is 1. The van der Waals surface area contributed by atoms with Crippen LogP contribution in [0, 0.1) is 26.3 Å². The van der Waals surface area contributed by atoms with E-state index in [-0.39, 0.29) is 0 Å². The van der Waals surface area contributed by atoms with Gasteiger partial charge in [0, 0.05) is 11.6 Å². The Morgan fingerprint density at radius 3 is 2.39 bits per heavy atom. The fourth-order valence-electron chi connectivity index (χ4n) is 2.18. The molecular formula is C16H16NP. The summed E-state index contributed by atoms with van der Waals surface area (Å²) < 4.78 is 1.76. The van der Waals surface area contributed by atoms with E-state index < -0.39 is 0 Å². The highest BCUT2D eigenvalue weighted by Gasteiger charge is 2.11. The number of nitrogens with zero attached hydrogens (tertiary/aromatic N) is 1. The van der Waals surface area contributed by atoms with Gasteiger partial charge < -0.3 is 0 Å². The molecule has 1 unspecified atom stereocenters. The highest BCUT2D eigenvalue weighted by molar-refractivity contribution is 7.19. The second-order valence-electron chi connectivity index (χ2n) is 4.34. The van der Waals surface area contributed by atoms with Crippen molar-refractivity contribution in [3.8, 4) is 23.6 Å². The predicted octanol–water partition coefficient (Wildman–Crippen LogP) is 4.16. The Balaban J connectivity index is 2.70. The molecule has 0 spiro atoms. The third kappa shape index (κ3) is 2.40. The summed E-state index contributed by atoms with van der Waals surface area (Å²) in [6.07, 6.45) is 5.51. The Labute approximate surface area is 111 Å². The first-order chi connectivity index (χ1) is 8.63. The van der Waals surface area contributed by atoms with E-state index in [4.69, 9.17) is 6.42 Å². The molecule has 2 rings (SSSR count). The molecule has 1 atom stereocenters. The Bertz CT molecular complexity index is 596. The van der Waals surface area contributed by atoms with E-state index in [2.05, 4.69) is 53.5 Å². The van der Waals surface area contributed by atoms with Crippen molar-refractivity contribution in [1.82, 2.24) is 0 Å². The second-order valence-corrected chi connectivity index (χ2v) is 4.86. The third-order valence-electron chi connectivity index (χ3n) is 2.91. The number of aryl methyl sites for hydroxylation is 2. The molecule has 0 aliphatic carbocycles. The lowest BCUT2D eigenvalue weighted by molar-refractivity contribution is 1.34. The monoisotopic (exact) mass is 253 g/mol. The summed E-state index contributed by atoms with van der Waals surface area (Å²) in [5.41, 5.74) is 5.84. The van der Waals surface area contributed by atoms with E-state index in [1.54, 1.807) is 4.67 Å². The van der Waals surface area contributed by atoms with Gasteiger partial charge in [0.25, 0.3) is 0 Å². The minimum Gasteiger partial charge on any atom is -0.286 e. The summed E-state index contributed by atoms with van der Waals surface area (Å²) in [5.74, 6) is 0. The number of hydrogen-bond acceptors (Lipinski definition) is 1. The summed E-state index contributed by atoms with van der Waals surface area (Å²) in [5, 5.41) is 0. The van der Waals surface area contributed by atoms with Gasteiger partial charge >= 0.3 is 0 Å². The quantitative estimate of drug-likeness (QED) is 0.441. The van der Waals surface area contributed by atoms with Crippen LogP contribution in [0.4, 0.5) is 5.69 Å². The van der Waals surface area contributed by atoms with Gasteiger partial charge in [0.1, 0.15) is 0 Å². The first-order valence-corrected chi connectivity index (χ1v) is 6.33. The van der Waals surface area contributed by atoms with Gasteiger partial charge in [0.15, 0.2) is 0 Å². The van der Waals surface area contributed by atoms with E-state index >= 15 is 0 Å². The molecule has 2 aromatic carbocycles. The van der Waals surface area contributed by atoms with Crippen LogP contribution in [0.5, 0.6) is 0 Å². The largest absolute Gasteiger partial charge is 0.286 e. The predicted molar refractivity (Wildman–Crippen MR) is 82.4 cm³/mol. The van der Waals surface area contributed by atoms with Gasteiger partial charge in [-0.15, -0.1) is 0 Å². The van der Waals surface area contributed by atoms with E-state index in [9.17, 15) is 0 Å². The fraction of sp³-hybridized carbons (Fsp3) is 0.125. The standard InChI is InChI=1S/C16H16NP/c1-4-17(18)16-13(3)10-12(2)11-15(16)14-8-6-5-7-9-14/h1,5-11H,18H2,2-3H3. The lowest BCUT2D eigenvalue weighted by Crippen LogP contribution is -2.04. The summed E-state index contributed by atoms with van der Waals surface area (Å²) in [4.78, 5) is 0. The molecule has 1 nitrogen and oxygen atoms in total. The normalized spacial score (nSPS) is 9.89. The molecular weight excluding hydrogens is 237 g/mol. The van der Waals surface area contributed by atoms with Crippen molar-refractivity contribution in [1.29, 1.82) is 0 Å². The smallest absolute Gasteiger partial charge is 0.0630 e. The van der Waals surface area contributed by atoms with E-state index in [1.807, 2.05) is 18.2 Å². The molecule has 0 saturated heterocycles. The molecule has 0 saturated carbocycles. The van der Waals surface area contributed by atoms with Crippen molar-refractivity contribution in [2.45, 2.75) is 13.8 Å². The molecule has 2 aromatic rings. The van der Waals surface area contributed by atoms with Crippen molar-refractivity contribution in [2.75, 3.05) is 4.67 Å². The maximum Gasteiger partial charge on any atom is 0.0630 e. The minimum absolute atomic E-state index is 1.07. The van der Waals surface area contributed by atoms with Crippen LogP contribution in [0.1, 0.15) is 11.1 Å². The van der Waals surface area contributed by atoms with Crippen LogP contribution < -0.4 is 4.67 Å². The Morgan fingerprint density at radius 2 is 1.78 bits per heavy atom. The highest BCUT2D eigenvalue weighted by atomic mass is 31.0. The van der Waals surface area contributed by atoms with Crippen molar-refractivity contribution in [2.24, 2.45) is 0 Å². The van der Waals surface area contributed by atoms with Crippen LogP contribution in [0.15, 0.2) is 42.5 Å². The van der Waals surface area contributed by atoms with Crippen LogP contribution in [-0.4, -0.2) is 0 Å². The van der Waals surface area contributed by atoms with Crippen LogP contribution in [0.2, 0.25) is 0 Å². The molecule has 18 heavy (non-hydrogen) atoms. The molecule has 0 aliphatic rings. The van der Waals surface area contributed by atoms with Crippen molar-refractivity contribution in [3.63, 3.8) is 0 Å². The number of hydrogen-bond donors (Lipinski definition) is 0. The first-order valence-electron chi connectivity index (χ1n) is 5.81. The Morgan fingerprint density at radius 1 is 1.11 bits per heavy atom. The Hall–Kier alpha value is -1.77. The van der Waals surface area contributed by atoms with Crippen molar-refractivity contribution < 1.29 is 0 Å². The molecule has 0 fully saturated rings. The molecule has 0 heterocycles. The van der Waals surface area contributed by atoms with Gasteiger partial charge in [-0.3, -0.25) is 4.67 Å². The molecule has 0 amide bonds. The van der Waals surface area contributed by atoms with Gasteiger partial charge in [-0.05, 0) is 40.4 Å². The van der Waals surface area contributed by atoms with Crippen LogP contribution in [-0.2, 0) is 0 Å². The van der Waals surface area contributed by atoms with Gasteiger partial charge in [-0.2, -0.15) is 0 Å². The zero-order valence-electron chi connectivity index (χ0n) is 10.6. The van der Waals surface area contributed by atoms with E-state index in [0.29, 0.717) is 0 Å². The number of rotatable bonds is 2. The molecule has 0 aliphatic heterocycles. The average Bonchev–Trinajstić information content (AvgIpc) is 2.38. The molecule has 0 bridgehead atoms. The van der Waals surface area contributed by atoms with Crippen LogP contribution >= 0.6 is 9.39 Å². The summed E-state index contributed by atoms with van der Waals surface area (Å²) in [7, 11) is 2.58. The highest BCUT2D eigenvalue weighted by Crippen LogP contribution is 2.36. The first kappa shape index (κ1) is 12.7. The Kier molecular flexibility index (Phi) is 3.70. The maximum absolute atomic E-state index is 5.51. The summed E-state index contributed by atoms with van der Waals surface area (Å²) in [6.45, 7) is 4.19. The molecule has 2 heteroatoms. The van der Waals surface area contributed by atoms with Crippen molar-refractivity contribution >= 4 is 15.1 Å². The zero-order chi connectivity index (χ0) is 13.1. The van der Waals surface area contributed by atoms with E-state index in [0.717, 1.165) is 5.69 Å². The molecule has 0 N–H and O–H groups in total. The van der Waals surface area contributed by atoms with E-state index in [1.165, 1.54) is 22.3 Å². The van der Waals surface area contributed by atoms with Crippen molar-refractivity contribution in [3.05, 3.63) is 53.6 Å². The maximum atomic E-state index is 5.51. The summed E-state index contributed by atoms with van der Waals surface area (Å²) >= 11 is 0. The molecule has 90 valence electrons. The van der Waals surface area contributed by atoms with Gasteiger partial charge in [0.2, 0.25) is 0 Å². The fourth-order valence-corrected chi connectivity index (χ4v) is 2.52. The lowest BCUT2D eigenvalue weighted by Gasteiger charge is -2.19. The number of anilines is 1. The van der Waals surface area contributed by atoms with Crippen LogP contribution in [0.25, 0.3) is 11.1 Å². The lowest BCUT2D eigenvalue weighted by atomic mass is 9.98. The third-order valence-corrected chi connectivity index (χ3v) is 3.32. The zero-order valence-corrected chi connectivity index (χ0v) is 11.8. The van der Waals surface area contributed by atoms with Gasteiger partial charge in [-0.25, -0.2) is 0 Å². The van der Waals surface area contributed by atoms with Crippen LogP contribution in [0.3, 0.4) is 0 Å². The molecule has 0 radical (unpaired) electrons. The SMILES string of the molecule is C#CN(P)c1c(C)cc(C)cc1-c1ccccc1. The second kappa shape index (κ2) is 5.25. The minimum atomic E-state index is 1.07. The molecule has 0 aromatic heterocycles. The van der Waals surface area contributed by atoms with Gasteiger partial charge in [0.05, 0.1) is 5.69 Å². The average molecular weight is 253 g/mol. The summed E-state index contributed by atoms with van der Waals surface area (Å²) in [6, 6.07) is 17.3. The topological polar surface area (TPSA) is 3.24 Å².